The van der Waals surface area contributed by atoms with Gasteiger partial charge in [0, 0.05) is 19.7 Å². The highest BCUT2D eigenvalue weighted by Gasteiger charge is 2.01. The fourth-order valence-corrected chi connectivity index (χ4v) is 0.945. The monoisotopic (exact) mass is 191 g/mol. The zero-order valence-corrected chi connectivity index (χ0v) is 8.36. The van der Waals surface area contributed by atoms with Gasteiger partial charge < -0.3 is 10.2 Å². The van der Waals surface area contributed by atoms with Crippen LogP contribution in [0.4, 0.5) is 11.6 Å². The molecule has 1 heterocycles. The molecule has 0 fully saturated rings. The molecular weight excluding hydrogens is 178 g/mol. The van der Waals surface area contributed by atoms with E-state index in [1.165, 1.54) is 6.33 Å². The van der Waals surface area contributed by atoms with Gasteiger partial charge in [0.2, 0.25) is 0 Å². The summed E-state index contributed by atoms with van der Waals surface area (Å²) in [4.78, 5) is 10.1. The van der Waals surface area contributed by atoms with E-state index >= 15 is 0 Å². The second-order valence-corrected chi connectivity index (χ2v) is 2.79. The summed E-state index contributed by atoms with van der Waals surface area (Å²) in [6.07, 6.45) is 1.49. The van der Waals surface area contributed by atoms with Crippen molar-refractivity contribution in [2.45, 2.75) is 6.92 Å². The smallest absolute Gasteiger partial charge is 0.133 e. The molecule has 0 aliphatic rings. The van der Waals surface area contributed by atoms with E-state index in [0.29, 0.717) is 5.82 Å². The molecule has 0 radical (unpaired) electrons. The lowest BCUT2D eigenvalue weighted by Crippen LogP contribution is -2.17. The van der Waals surface area contributed by atoms with Crippen LogP contribution in [0.1, 0.15) is 6.92 Å². The maximum atomic E-state index is 8.39. The van der Waals surface area contributed by atoms with Crippen molar-refractivity contribution >= 4 is 11.6 Å². The normalized spacial score (nSPS) is 9.21. The molecule has 1 rings (SSSR count). The molecule has 1 aromatic rings. The molecule has 0 saturated heterocycles. The topological polar surface area (TPSA) is 64.8 Å². The molecular formula is C9H13N5. The van der Waals surface area contributed by atoms with Crippen molar-refractivity contribution in [3.8, 4) is 6.07 Å². The van der Waals surface area contributed by atoms with Gasteiger partial charge in [0.25, 0.3) is 0 Å². The predicted molar refractivity (Wildman–Crippen MR) is 55.1 cm³/mol. The molecule has 0 unspecified atom stereocenters. The first kappa shape index (κ1) is 10.3. The minimum Gasteiger partial charge on any atom is -0.360 e. The Morgan fingerprint density at radius 2 is 2.36 bits per heavy atom. The lowest BCUT2D eigenvalue weighted by atomic mass is 10.4. The van der Waals surface area contributed by atoms with Crippen molar-refractivity contribution in [3.63, 3.8) is 0 Å². The Bertz CT molecular complexity index is 330. The highest BCUT2D eigenvalue weighted by atomic mass is 15.2. The minimum atomic E-state index is 0.256. The van der Waals surface area contributed by atoms with Gasteiger partial charge in [-0.3, -0.25) is 0 Å². The Morgan fingerprint density at radius 1 is 1.57 bits per heavy atom. The molecule has 5 nitrogen and oxygen atoms in total. The molecule has 0 atom stereocenters. The van der Waals surface area contributed by atoms with Gasteiger partial charge in [0.05, 0.1) is 6.07 Å². The number of nitrogens with zero attached hydrogens (tertiary/aromatic N) is 4. The van der Waals surface area contributed by atoms with Gasteiger partial charge in [-0.05, 0) is 6.92 Å². The number of nitriles is 1. The van der Waals surface area contributed by atoms with Crippen LogP contribution in [0.5, 0.6) is 0 Å². The zero-order chi connectivity index (χ0) is 10.4. The summed E-state index contributed by atoms with van der Waals surface area (Å²) in [6, 6.07) is 3.81. The van der Waals surface area contributed by atoms with Gasteiger partial charge in [-0.1, -0.05) is 0 Å². The highest BCUT2D eigenvalue weighted by Crippen LogP contribution is 2.11. The van der Waals surface area contributed by atoms with Crippen LogP contribution < -0.4 is 10.2 Å². The van der Waals surface area contributed by atoms with Crippen LogP contribution >= 0.6 is 0 Å². The summed E-state index contributed by atoms with van der Waals surface area (Å²) in [7, 11) is 1.95. The maximum Gasteiger partial charge on any atom is 0.133 e. The third kappa shape index (κ3) is 2.59. The van der Waals surface area contributed by atoms with Crippen LogP contribution in [0.3, 0.4) is 0 Å². The molecule has 0 aliphatic heterocycles. The highest BCUT2D eigenvalue weighted by molar-refractivity contribution is 5.48. The first-order chi connectivity index (χ1) is 6.77. The van der Waals surface area contributed by atoms with Gasteiger partial charge in [0.1, 0.15) is 24.5 Å². The largest absolute Gasteiger partial charge is 0.360 e. The summed E-state index contributed by atoms with van der Waals surface area (Å²) < 4.78 is 0. The number of hydrogen-bond donors (Lipinski definition) is 1. The van der Waals surface area contributed by atoms with E-state index in [1.54, 1.807) is 0 Å². The van der Waals surface area contributed by atoms with E-state index in [4.69, 9.17) is 5.26 Å². The van der Waals surface area contributed by atoms with Crippen LogP contribution in [-0.4, -0.2) is 30.1 Å². The Kier molecular flexibility index (Phi) is 3.68. The van der Waals surface area contributed by atoms with E-state index in [-0.39, 0.29) is 6.54 Å². The third-order valence-corrected chi connectivity index (χ3v) is 1.87. The molecule has 74 valence electrons. The average molecular weight is 191 g/mol. The van der Waals surface area contributed by atoms with Gasteiger partial charge in [-0.15, -0.1) is 0 Å². The number of rotatable bonds is 4. The van der Waals surface area contributed by atoms with Crippen molar-refractivity contribution in [3.05, 3.63) is 12.4 Å². The molecule has 0 aromatic carbocycles. The van der Waals surface area contributed by atoms with E-state index in [9.17, 15) is 0 Å². The lowest BCUT2D eigenvalue weighted by Gasteiger charge is -2.15. The molecule has 1 aromatic heterocycles. The van der Waals surface area contributed by atoms with Crippen LogP contribution in [0, 0.1) is 11.3 Å². The van der Waals surface area contributed by atoms with Crippen LogP contribution in [-0.2, 0) is 0 Å². The zero-order valence-electron chi connectivity index (χ0n) is 8.36. The molecule has 5 heteroatoms. The Morgan fingerprint density at radius 3 is 3.00 bits per heavy atom. The summed E-state index contributed by atoms with van der Waals surface area (Å²) in [5.74, 6) is 1.53. The second-order valence-electron chi connectivity index (χ2n) is 2.79. The van der Waals surface area contributed by atoms with Crippen molar-refractivity contribution in [1.82, 2.24) is 9.97 Å². The van der Waals surface area contributed by atoms with Crippen molar-refractivity contribution in [2.75, 3.05) is 30.4 Å². The lowest BCUT2D eigenvalue weighted by molar-refractivity contribution is 0.928. The molecule has 1 N–H and O–H groups in total. The molecule has 0 saturated carbocycles. The Labute approximate surface area is 83.4 Å². The van der Waals surface area contributed by atoms with Crippen LogP contribution in [0.15, 0.2) is 12.4 Å². The number of hydrogen-bond acceptors (Lipinski definition) is 5. The van der Waals surface area contributed by atoms with Crippen LogP contribution in [0.25, 0.3) is 0 Å². The van der Waals surface area contributed by atoms with Gasteiger partial charge in [-0.25, -0.2) is 9.97 Å². The second kappa shape index (κ2) is 5.02. The molecule has 14 heavy (non-hydrogen) atoms. The summed E-state index contributed by atoms with van der Waals surface area (Å²) in [6.45, 7) is 3.19. The average Bonchev–Trinajstić information content (AvgIpc) is 2.25. The van der Waals surface area contributed by atoms with E-state index in [0.717, 1.165) is 12.4 Å². The first-order valence-corrected chi connectivity index (χ1v) is 4.42. The maximum absolute atomic E-state index is 8.39. The van der Waals surface area contributed by atoms with Crippen molar-refractivity contribution in [1.29, 1.82) is 5.26 Å². The fraction of sp³-hybridized carbons (Fsp3) is 0.444. The summed E-state index contributed by atoms with van der Waals surface area (Å²) in [5.41, 5.74) is 0. The summed E-state index contributed by atoms with van der Waals surface area (Å²) in [5, 5.41) is 11.3. The van der Waals surface area contributed by atoms with Gasteiger partial charge >= 0.3 is 0 Å². The quantitative estimate of drug-likeness (QED) is 0.715. The van der Waals surface area contributed by atoms with Gasteiger partial charge in [-0.2, -0.15) is 5.26 Å². The van der Waals surface area contributed by atoms with Crippen molar-refractivity contribution < 1.29 is 0 Å². The molecule has 0 bridgehead atoms. The predicted octanol–water partition coefficient (Wildman–Crippen LogP) is 0.868. The van der Waals surface area contributed by atoms with Gasteiger partial charge in [0.15, 0.2) is 0 Å². The Hall–Kier alpha value is -1.83. The first-order valence-electron chi connectivity index (χ1n) is 4.42. The minimum absolute atomic E-state index is 0.256. The molecule has 0 amide bonds. The summed E-state index contributed by atoms with van der Waals surface area (Å²) >= 11 is 0. The fourth-order valence-electron chi connectivity index (χ4n) is 0.945. The van der Waals surface area contributed by atoms with Crippen molar-refractivity contribution in [2.24, 2.45) is 0 Å². The standard InChI is InChI=1S/C9H13N5/c1-3-14(2)9-6-8(11-5-4-10)12-7-13-9/h6-7H,3,5H2,1-2H3,(H,11,12,13). The SMILES string of the molecule is CCN(C)c1cc(NCC#N)ncn1. The third-order valence-electron chi connectivity index (χ3n) is 1.87. The number of anilines is 2. The van der Waals surface area contributed by atoms with E-state index in [2.05, 4.69) is 15.3 Å². The van der Waals surface area contributed by atoms with E-state index < -0.39 is 0 Å². The molecule has 0 aliphatic carbocycles. The van der Waals surface area contributed by atoms with Crippen LogP contribution in [0.2, 0.25) is 0 Å². The number of nitrogens with one attached hydrogen (secondary N) is 1. The number of aromatic nitrogens is 2. The van der Waals surface area contributed by atoms with E-state index in [1.807, 2.05) is 31.0 Å². The Balaban J connectivity index is 2.74. The molecule has 0 spiro atoms.